The highest BCUT2D eigenvalue weighted by atomic mass is 32.1. The van der Waals surface area contributed by atoms with Gasteiger partial charge < -0.3 is 4.74 Å². The van der Waals surface area contributed by atoms with Crippen LogP contribution in [0.5, 0.6) is 0 Å². The van der Waals surface area contributed by atoms with E-state index in [0.717, 1.165) is 61.1 Å². The number of thiazole rings is 1. The van der Waals surface area contributed by atoms with Crippen molar-refractivity contribution in [2.75, 3.05) is 19.7 Å². The largest absolute Gasteiger partial charge is 0.376 e. The molecule has 3 aromatic heterocycles. The maximum absolute atomic E-state index is 5.98. The number of aryl methyl sites for hydroxylation is 3. The van der Waals surface area contributed by atoms with Crippen molar-refractivity contribution < 1.29 is 4.74 Å². The number of hydrogen-bond donors (Lipinski definition) is 0. The molecule has 1 aliphatic heterocycles. The second kappa shape index (κ2) is 7.19. The van der Waals surface area contributed by atoms with Crippen LogP contribution in [0, 0.1) is 13.8 Å². The lowest BCUT2D eigenvalue weighted by Crippen LogP contribution is -2.42. The first-order valence-electron chi connectivity index (χ1n) is 8.71. The highest BCUT2D eigenvalue weighted by molar-refractivity contribution is 7.15. The van der Waals surface area contributed by atoms with Crippen molar-refractivity contribution in [2.24, 2.45) is 0 Å². The van der Waals surface area contributed by atoms with Gasteiger partial charge in [-0.1, -0.05) is 0 Å². The predicted octanol–water partition coefficient (Wildman–Crippen LogP) is 2.64. The van der Waals surface area contributed by atoms with Crippen LogP contribution in [-0.2, 0) is 17.7 Å². The summed E-state index contributed by atoms with van der Waals surface area (Å²) in [6.45, 7) is 7.75. The van der Waals surface area contributed by atoms with Gasteiger partial charge >= 0.3 is 0 Å². The lowest BCUT2D eigenvalue weighted by Gasteiger charge is -2.32. The highest BCUT2D eigenvalue weighted by Gasteiger charge is 2.22. The van der Waals surface area contributed by atoms with Crippen molar-refractivity contribution in [1.82, 2.24) is 24.3 Å². The summed E-state index contributed by atoms with van der Waals surface area (Å²) in [6, 6.07) is 2.06. The van der Waals surface area contributed by atoms with Crippen molar-refractivity contribution in [3.05, 3.63) is 46.7 Å². The molecule has 1 unspecified atom stereocenters. The summed E-state index contributed by atoms with van der Waals surface area (Å²) in [4.78, 5) is 16.7. The number of hydrogen-bond acceptors (Lipinski definition) is 6. The molecule has 1 atom stereocenters. The maximum Gasteiger partial charge on any atom is 0.194 e. The number of imidazole rings is 1. The number of fused-ring (bicyclic) bond motifs is 1. The summed E-state index contributed by atoms with van der Waals surface area (Å²) < 4.78 is 8.19. The number of rotatable bonds is 5. The van der Waals surface area contributed by atoms with Crippen LogP contribution in [0.3, 0.4) is 0 Å². The first-order valence-corrected chi connectivity index (χ1v) is 9.59. The minimum absolute atomic E-state index is 0.259. The topological polar surface area (TPSA) is 55.6 Å². The predicted molar refractivity (Wildman–Crippen MR) is 97.9 cm³/mol. The Morgan fingerprint density at radius 1 is 1.32 bits per heavy atom. The van der Waals surface area contributed by atoms with Gasteiger partial charge in [0.15, 0.2) is 4.96 Å². The molecule has 132 valence electrons. The van der Waals surface area contributed by atoms with Gasteiger partial charge in [0.05, 0.1) is 24.1 Å². The van der Waals surface area contributed by atoms with Crippen LogP contribution in [0.4, 0.5) is 0 Å². The molecular weight excluding hydrogens is 334 g/mol. The Kier molecular flexibility index (Phi) is 4.78. The molecule has 0 radical (unpaired) electrons. The summed E-state index contributed by atoms with van der Waals surface area (Å²) in [5, 5.41) is 2.09. The zero-order valence-corrected chi connectivity index (χ0v) is 15.5. The summed E-state index contributed by atoms with van der Waals surface area (Å²) in [5.74, 6) is 0. The van der Waals surface area contributed by atoms with Gasteiger partial charge in [-0.05, 0) is 32.8 Å². The van der Waals surface area contributed by atoms with Gasteiger partial charge in [-0.15, -0.1) is 11.3 Å². The number of nitrogens with zero attached hydrogens (tertiary/aromatic N) is 5. The van der Waals surface area contributed by atoms with Gasteiger partial charge in [-0.25, -0.2) is 15.0 Å². The fourth-order valence-corrected chi connectivity index (χ4v) is 4.18. The van der Waals surface area contributed by atoms with E-state index in [1.807, 2.05) is 6.92 Å². The normalized spacial score (nSPS) is 18.9. The Morgan fingerprint density at radius 2 is 2.24 bits per heavy atom. The van der Waals surface area contributed by atoms with Gasteiger partial charge in [0, 0.05) is 42.6 Å². The number of ether oxygens (including phenoxy) is 1. The second-order valence-electron chi connectivity index (χ2n) is 6.62. The van der Waals surface area contributed by atoms with Crippen molar-refractivity contribution in [2.45, 2.75) is 39.3 Å². The molecule has 25 heavy (non-hydrogen) atoms. The van der Waals surface area contributed by atoms with Gasteiger partial charge in [0.1, 0.15) is 6.33 Å². The van der Waals surface area contributed by atoms with Crippen LogP contribution in [-0.4, -0.2) is 50.1 Å². The van der Waals surface area contributed by atoms with Crippen molar-refractivity contribution in [1.29, 1.82) is 0 Å². The third kappa shape index (κ3) is 3.73. The van der Waals surface area contributed by atoms with E-state index in [2.05, 4.69) is 48.8 Å². The molecular formula is C18H23N5OS. The molecule has 1 aliphatic rings. The average molecular weight is 357 g/mol. The van der Waals surface area contributed by atoms with E-state index in [0.29, 0.717) is 0 Å². The van der Waals surface area contributed by atoms with E-state index in [1.54, 1.807) is 17.7 Å². The molecule has 0 saturated carbocycles. The Labute approximate surface area is 151 Å². The minimum Gasteiger partial charge on any atom is -0.376 e. The molecule has 0 aliphatic carbocycles. The molecule has 4 rings (SSSR count). The quantitative estimate of drug-likeness (QED) is 0.703. The summed E-state index contributed by atoms with van der Waals surface area (Å²) in [5.41, 5.74) is 4.54. The van der Waals surface area contributed by atoms with E-state index in [4.69, 9.17) is 4.74 Å². The van der Waals surface area contributed by atoms with Crippen LogP contribution in [0.1, 0.15) is 29.2 Å². The molecule has 1 fully saturated rings. The molecule has 7 heteroatoms. The molecule has 0 bridgehead atoms. The standard InChI is InChI=1S/C18H23N5OS/c1-13-9-15(20-12-19-13)3-4-16-10-22(5-7-24-16)11-17-14(2)21-18-23(17)6-8-25-18/h6,8-9,12,16H,3-5,7,10-11H2,1-2H3. The Balaban J connectivity index is 1.37. The third-order valence-electron chi connectivity index (χ3n) is 4.74. The molecule has 0 N–H and O–H groups in total. The van der Waals surface area contributed by atoms with E-state index < -0.39 is 0 Å². The molecule has 6 nitrogen and oxygen atoms in total. The van der Waals surface area contributed by atoms with Crippen LogP contribution in [0.15, 0.2) is 24.0 Å². The lowest BCUT2D eigenvalue weighted by molar-refractivity contribution is -0.0351. The molecule has 1 saturated heterocycles. The first kappa shape index (κ1) is 16.6. The maximum atomic E-state index is 5.98. The van der Waals surface area contributed by atoms with Crippen LogP contribution in [0.25, 0.3) is 4.96 Å². The Bertz CT molecular complexity index is 858. The summed E-state index contributed by atoms with van der Waals surface area (Å²) in [7, 11) is 0. The van der Waals surface area contributed by atoms with Gasteiger partial charge in [0.25, 0.3) is 0 Å². The molecule has 0 amide bonds. The SMILES string of the molecule is Cc1cc(CCC2CN(Cc3c(C)nc4sccn34)CCO2)ncn1. The smallest absolute Gasteiger partial charge is 0.194 e. The summed E-state index contributed by atoms with van der Waals surface area (Å²) in [6.07, 6.45) is 5.95. The molecule has 3 aromatic rings. The van der Waals surface area contributed by atoms with Crippen molar-refractivity contribution >= 4 is 16.3 Å². The first-order chi connectivity index (χ1) is 12.2. The van der Waals surface area contributed by atoms with Crippen LogP contribution >= 0.6 is 11.3 Å². The van der Waals surface area contributed by atoms with Crippen LogP contribution in [0.2, 0.25) is 0 Å². The number of morpholine rings is 1. The monoisotopic (exact) mass is 357 g/mol. The van der Waals surface area contributed by atoms with Gasteiger partial charge in [-0.2, -0.15) is 0 Å². The van der Waals surface area contributed by atoms with E-state index in [-0.39, 0.29) is 6.10 Å². The second-order valence-corrected chi connectivity index (χ2v) is 7.49. The lowest BCUT2D eigenvalue weighted by atomic mass is 10.1. The molecule has 0 aromatic carbocycles. The van der Waals surface area contributed by atoms with E-state index in [1.165, 1.54) is 5.69 Å². The van der Waals surface area contributed by atoms with Gasteiger partial charge in [-0.3, -0.25) is 9.30 Å². The minimum atomic E-state index is 0.259. The fraction of sp³-hybridized carbons (Fsp3) is 0.500. The molecule has 4 heterocycles. The van der Waals surface area contributed by atoms with E-state index >= 15 is 0 Å². The van der Waals surface area contributed by atoms with Crippen LogP contribution < -0.4 is 0 Å². The molecule has 0 spiro atoms. The summed E-state index contributed by atoms with van der Waals surface area (Å²) >= 11 is 1.69. The zero-order chi connectivity index (χ0) is 17.2. The zero-order valence-electron chi connectivity index (χ0n) is 14.7. The highest BCUT2D eigenvalue weighted by Crippen LogP contribution is 2.20. The average Bonchev–Trinajstić information content (AvgIpc) is 3.16. The Morgan fingerprint density at radius 3 is 3.12 bits per heavy atom. The third-order valence-corrected chi connectivity index (χ3v) is 5.50. The number of aromatic nitrogens is 4. The van der Waals surface area contributed by atoms with Crippen molar-refractivity contribution in [3.8, 4) is 0 Å². The van der Waals surface area contributed by atoms with E-state index in [9.17, 15) is 0 Å². The van der Waals surface area contributed by atoms with Crippen molar-refractivity contribution in [3.63, 3.8) is 0 Å². The fourth-order valence-electron chi connectivity index (χ4n) is 3.40. The van der Waals surface area contributed by atoms with Gasteiger partial charge in [0.2, 0.25) is 0 Å². The Hall–Kier alpha value is -1.83.